The number of halogens is 5. The van der Waals surface area contributed by atoms with Crippen LogP contribution in [-0.4, -0.2) is 9.78 Å². The third-order valence-electron chi connectivity index (χ3n) is 3.30. The largest absolute Gasteiger partial charge is 0.233 e. The summed E-state index contributed by atoms with van der Waals surface area (Å²) in [6.45, 7) is 1.55. The molecule has 0 atom stereocenters. The zero-order valence-electron chi connectivity index (χ0n) is 11.7. The molecule has 0 aliphatic heterocycles. The van der Waals surface area contributed by atoms with E-state index in [1.807, 2.05) is 0 Å². The molecule has 0 fully saturated rings. The van der Waals surface area contributed by atoms with E-state index in [0.717, 1.165) is 4.68 Å². The summed E-state index contributed by atoms with van der Waals surface area (Å²) in [5.74, 6) is -9.95. The fraction of sp³-hybridized carbons (Fsp3) is 0.0625. The van der Waals surface area contributed by atoms with Gasteiger partial charge in [0, 0.05) is 0 Å². The third kappa shape index (κ3) is 2.38. The minimum absolute atomic E-state index is 0.221. The van der Waals surface area contributed by atoms with Crippen molar-refractivity contribution in [3.05, 3.63) is 71.2 Å². The fourth-order valence-electron chi connectivity index (χ4n) is 2.27. The van der Waals surface area contributed by atoms with Crippen LogP contribution in [0.2, 0.25) is 0 Å². The van der Waals surface area contributed by atoms with Crippen molar-refractivity contribution in [2.24, 2.45) is 0 Å². The normalized spacial score (nSPS) is 11.0. The van der Waals surface area contributed by atoms with Gasteiger partial charge in [-0.2, -0.15) is 5.10 Å². The van der Waals surface area contributed by atoms with E-state index in [1.165, 1.54) is 6.07 Å². The van der Waals surface area contributed by atoms with Crippen LogP contribution in [0.4, 0.5) is 22.0 Å². The topological polar surface area (TPSA) is 17.8 Å². The molecule has 2 nitrogen and oxygen atoms in total. The first kappa shape index (κ1) is 15.2. The molecule has 0 amide bonds. The molecule has 0 aliphatic carbocycles. The van der Waals surface area contributed by atoms with Crippen molar-refractivity contribution in [3.8, 4) is 16.9 Å². The highest BCUT2D eigenvalue weighted by atomic mass is 19.2. The van der Waals surface area contributed by atoms with Crippen LogP contribution >= 0.6 is 0 Å². The van der Waals surface area contributed by atoms with Crippen molar-refractivity contribution >= 4 is 0 Å². The van der Waals surface area contributed by atoms with E-state index in [0.29, 0.717) is 11.4 Å². The molecule has 2 aromatic carbocycles. The van der Waals surface area contributed by atoms with Gasteiger partial charge in [-0.1, -0.05) is 18.2 Å². The lowest BCUT2D eigenvalue weighted by Gasteiger charge is -2.11. The third-order valence-corrected chi connectivity index (χ3v) is 3.30. The van der Waals surface area contributed by atoms with Crippen LogP contribution in [-0.2, 0) is 0 Å². The Morgan fingerprint density at radius 2 is 1.30 bits per heavy atom. The second kappa shape index (κ2) is 5.49. The Kier molecular flexibility index (Phi) is 3.63. The number of hydrogen-bond donors (Lipinski definition) is 0. The van der Waals surface area contributed by atoms with E-state index in [2.05, 4.69) is 5.10 Å². The van der Waals surface area contributed by atoms with Crippen molar-refractivity contribution < 1.29 is 22.0 Å². The summed E-state index contributed by atoms with van der Waals surface area (Å²) in [6.07, 6.45) is 0. The van der Waals surface area contributed by atoms with Crippen molar-refractivity contribution in [3.63, 3.8) is 0 Å². The standard InChI is InChI=1S/C16H9F5N2/c1-8-7-10(23(22-8)9-5-3-2-4-6-9)11-12(17)14(19)16(21)15(20)13(11)18/h2-7H,1H3. The van der Waals surface area contributed by atoms with Gasteiger partial charge in [-0.3, -0.25) is 0 Å². The number of para-hydroxylation sites is 1. The molecule has 0 saturated heterocycles. The summed E-state index contributed by atoms with van der Waals surface area (Å²) >= 11 is 0. The molecule has 0 unspecified atom stereocenters. The van der Waals surface area contributed by atoms with Gasteiger partial charge in [0.25, 0.3) is 0 Å². The molecule has 23 heavy (non-hydrogen) atoms. The van der Waals surface area contributed by atoms with Crippen LogP contribution in [0.1, 0.15) is 5.69 Å². The molecule has 0 aliphatic rings. The lowest BCUT2D eigenvalue weighted by molar-refractivity contribution is 0.381. The summed E-state index contributed by atoms with van der Waals surface area (Å²) in [7, 11) is 0. The van der Waals surface area contributed by atoms with Crippen molar-refractivity contribution in [1.82, 2.24) is 9.78 Å². The molecule has 0 N–H and O–H groups in total. The maximum Gasteiger partial charge on any atom is 0.200 e. The summed E-state index contributed by atoms with van der Waals surface area (Å²) in [5, 5.41) is 4.07. The molecular formula is C16H9F5N2. The Labute approximate surface area is 127 Å². The first-order valence-corrected chi connectivity index (χ1v) is 6.55. The van der Waals surface area contributed by atoms with Gasteiger partial charge < -0.3 is 0 Å². The summed E-state index contributed by atoms with van der Waals surface area (Å²) in [5.41, 5.74) is -0.431. The van der Waals surface area contributed by atoms with Gasteiger partial charge >= 0.3 is 0 Å². The van der Waals surface area contributed by atoms with E-state index in [1.54, 1.807) is 37.3 Å². The second-order valence-corrected chi connectivity index (χ2v) is 4.86. The molecule has 1 aromatic heterocycles. The van der Waals surface area contributed by atoms with Gasteiger partial charge in [0.1, 0.15) is 0 Å². The lowest BCUT2D eigenvalue weighted by Crippen LogP contribution is -2.07. The van der Waals surface area contributed by atoms with Crippen LogP contribution in [0.3, 0.4) is 0 Å². The quantitative estimate of drug-likeness (QED) is 0.384. The van der Waals surface area contributed by atoms with Crippen molar-refractivity contribution in [2.75, 3.05) is 0 Å². The molecule has 3 aromatic rings. The highest BCUT2D eigenvalue weighted by molar-refractivity contribution is 5.64. The van der Waals surface area contributed by atoms with E-state index in [4.69, 9.17) is 0 Å². The molecule has 0 spiro atoms. The molecule has 3 rings (SSSR count). The minimum Gasteiger partial charge on any atom is -0.233 e. The number of aromatic nitrogens is 2. The van der Waals surface area contributed by atoms with E-state index >= 15 is 0 Å². The molecule has 0 bridgehead atoms. The van der Waals surface area contributed by atoms with Crippen LogP contribution in [0.15, 0.2) is 36.4 Å². The van der Waals surface area contributed by atoms with Crippen molar-refractivity contribution in [2.45, 2.75) is 6.92 Å². The van der Waals surface area contributed by atoms with Crippen LogP contribution < -0.4 is 0 Å². The zero-order chi connectivity index (χ0) is 16.7. The molecule has 0 saturated carbocycles. The van der Waals surface area contributed by atoms with E-state index < -0.39 is 34.6 Å². The Balaban J connectivity index is 2.34. The SMILES string of the molecule is Cc1cc(-c2c(F)c(F)c(F)c(F)c2F)n(-c2ccccc2)n1. The monoisotopic (exact) mass is 324 g/mol. The predicted octanol–water partition coefficient (Wildman–Crippen LogP) is 4.54. The molecule has 0 radical (unpaired) electrons. The minimum atomic E-state index is -2.19. The zero-order valence-corrected chi connectivity index (χ0v) is 11.7. The molecule has 1 heterocycles. The lowest BCUT2D eigenvalue weighted by atomic mass is 10.1. The Morgan fingerprint density at radius 1 is 0.783 bits per heavy atom. The maximum absolute atomic E-state index is 14.0. The Morgan fingerprint density at radius 3 is 1.87 bits per heavy atom. The average molecular weight is 324 g/mol. The highest BCUT2D eigenvalue weighted by Gasteiger charge is 2.28. The Bertz CT molecular complexity index is 858. The van der Waals surface area contributed by atoms with Gasteiger partial charge in [-0.25, -0.2) is 26.6 Å². The van der Waals surface area contributed by atoms with Crippen LogP contribution in [0.25, 0.3) is 16.9 Å². The van der Waals surface area contributed by atoms with E-state index in [-0.39, 0.29) is 5.69 Å². The molecule has 118 valence electrons. The van der Waals surface area contributed by atoms with Crippen LogP contribution in [0, 0.1) is 36.0 Å². The fourth-order valence-corrected chi connectivity index (χ4v) is 2.27. The van der Waals surface area contributed by atoms with Gasteiger partial charge in [-0.05, 0) is 25.1 Å². The van der Waals surface area contributed by atoms with Crippen molar-refractivity contribution in [1.29, 1.82) is 0 Å². The number of nitrogens with zero attached hydrogens (tertiary/aromatic N) is 2. The van der Waals surface area contributed by atoms with Crippen LogP contribution in [0.5, 0.6) is 0 Å². The smallest absolute Gasteiger partial charge is 0.200 e. The number of hydrogen-bond acceptors (Lipinski definition) is 1. The van der Waals surface area contributed by atoms with E-state index in [9.17, 15) is 22.0 Å². The molecular weight excluding hydrogens is 315 g/mol. The number of aryl methyl sites for hydroxylation is 1. The van der Waals surface area contributed by atoms with Gasteiger partial charge in [0.2, 0.25) is 5.82 Å². The Hall–Kier alpha value is -2.70. The average Bonchev–Trinajstić information content (AvgIpc) is 2.93. The first-order chi connectivity index (χ1) is 10.9. The predicted molar refractivity (Wildman–Crippen MR) is 73.5 cm³/mol. The first-order valence-electron chi connectivity index (χ1n) is 6.55. The summed E-state index contributed by atoms with van der Waals surface area (Å²) in [6, 6.07) is 9.50. The summed E-state index contributed by atoms with van der Waals surface area (Å²) < 4.78 is 69.3. The summed E-state index contributed by atoms with van der Waals surface area (Å²) in [4.78, 5) is 0. The highest BCUT2D eigenvalue weighted by Crippen LogP contribution is 2.33. The molecule has 7 heteroatoms. The second-order valence-electron chi connectivity index (χ2n) is 4.86. The maximum atomic E-state index is 14.0. The van der Waals surface area contributed by atoms with Gasteiger partial charge in [-0.15, -0.1) is 0 Å². The number of benzene rings is 2. The number of rotatable bonds is 2. The van der Waals surface area contributed by atoms with Gasteiger partial charge in [0.15, 0.2) is 23.3 Å². The van der Waals surface area contributed by atoms with Gasteiger partial charge in [0.05, 0.1) is 22.6 Å².